The minimum atomic E-state index is 0.644. The summed E-state index contributed by atoms with van der Waals surface area (Å²) in [5.74, 6) is 0.884. The predicted octanol–water partition coefficient (Wildman–Crippen LogP) is 2.70. The van der Waals surface area contributed by atoms with E-state index in [1.165, 1.54) is 19.3 Å². The third kappa shape index (κ3) is 5.65. The highest BCUT2D eigenvalue weighted by molar-refractivity contribution is 4.80. The van der Waals surface area contributed by atoms with E-state index in [1.807, 2.05) is 13.8 Å². The van der Waals surface area contributed by atoms with E-state index >= 15 is 0 Å². The van der Waals surface area contributed by atoms with Crippen molar-refractivity contribution in [3.8, 4) is 6.07 Å². The van der Waals surface area contributed by atoms with Crippen LogP contribution in [-0.4, -0.2) is 12.6 Å². The number of nitrogens with one attached hydrogen (secondary N) is 1. The molecule has 13 heavy (non-hydrogen) atoms. The molecule has 1 rings (SSSR count). The Kier molecular flexibility index (Phi) is 7.73. The standard InChI is InChI=1S/C9H16N2.C2H6/c1-8-3-4-9(7-8)11-6-2-5-10;1-2/h8-9,11H,2-4,6-7H2,1H3;1-2H3. The zero-order chi connectivity index (χ0) is 10.1. The lowest BCUT2D eigenvalue weighted by Crippen LogP contribution is -2.27. The normalized spacial score (nSPS) is 26.0. The molecule has 1 aliphatic carbocycles. The minimum absolute atomic E-state index is 0.644. The predicted molar refractivity (Wildman–Crippen MR) is 56.4 cm³/mol. The van der Waals surface area contributed by atoms with Crippen LogP contribution in [0.3, 0.4) is 0 Å². The lowest BCUT2D eigenvalue weighted by atomic mass is 10.1. The van der Waals surface area contributed by atoms with Crippen molar-refractivity contribution < 1.29 is 0 Å². The zero-order valence-electron chi connectivity index (χ0n) is 9.14. The second-order valence-electron chi connectivity index (χ2n) is 3.48. The van der Waals surface area contributed by atoms with Gasteiger partial charge in [-0.25, -0.2) is 0 Å². The molecule has 0 spiro atoms. The van der Waals surface area contributed by atoms with Gasteiger partial charge in [-0.3, -0.25) is 0 Å². The fraction of sp³-hybridized carbons (Fsp3) is 0.909. The smallest absolute Gasteiger partial charge is 0.0635 e. The van der Waals surface area contributed by atoms with Gasteiger partial charge in [0.25, 0.3) is 0 Å². The molecule has 0 bridgehead atoms. The highest BCUT2D eigenvalue weighted by Crippen LogP contribution is 2.24. The number of nitrogens with zero attached hydrogens (tertiary/aromatic N) is 1. The summed E-state index contributed by atoms with van der Waals surface area (Å²) in [4.78, 5) is 0. The van der Waals surface area contributed by atoms with Crippen molar-refractivity contribution in [1.82, 2.24) is 5.32 Å². The molecule has 2 heteroatoms. The molecular formula is C11H22N2. The van der Waals surface area contributed by atoms with E-state index in [0.29, 0.717) is 12.5 Å². The van der Waals surface area contributed by atoms with Crippen molar-refractivity contribution in [2.45, 2.75) is 52.5 Å². The molecule has 0 aromatic carbocycles. The maximum atomic E-state index is 8.30. The molecule has 2 unspecified atom stereocenters. The van der Waals surface area contributed by atoms with Crippen molar-refractivity contribution in [1.29, 1.82) is 5.26 Å². The molecule has 0 aromatic rings. The second-order valence-corrected chi connectivity index (χ2v) is 3.48. The Morgan fingerprint density at radius 3 is 2.54 bits per heavy atom. The van der Waals surface area contributed by atoms with E-state index in [1.54, 1.807) is 0 Å². The van der Waals surface area contributed by atoms with Gasteiger partial charge >= 0.3 is 0 Å². The molecule has 1 saturated carbocycles. The van der Waals surface area contributed by atoms with E-state index in [2.05, 4.69) is 18.3 Å². The van der Waals surface area contributed by atoms with E-state index in [0.717, 1.165) is 12.5 Å². The first-order chi connectivity index (χ1) is 6.33. The van der Waals surface area contributed by atoms with Crippen LogP contribution in [-0.2, 0) is 0 Å². The van der Waals surface area contributed by atoms with Crippen LogP contribution in [0.4, 0.5) is 0 Å². The minimum Gasteiger partial charge on any atom is -0.313 e. The van der Waals surface area contributed by atoms with Crippen molar-refractivity contribution >= 4 is 0 Å². The topological polar surface area (TPSA) is 35.8 Å². The summed E-state index contributed by atoms with van der Waals surface area (Å²) in [5, 5.41) is 11.7. The van der Waals surface area contributed by atoms with Gasteiger partial charge in [-0.2, -0.15) is 5.26 Å². The van der Waals surface area contributed by atoms with Gasteiger partial charge in [-0.15, -0.1) is 0 Å². The number of rotatable bonds is 3. The lowest BCUT2D eigenvalue weighted by Gasteiger charge is -2.09. The maximum absolute atomic E-state index is 8.30. The van der Waals surface area contributed by atoms with Crippen LogP contribution in [0.15, 0.2) is 0 Å². The monoisotopic (exact) mass is 182 g/mol. The fourth-order valence-electron chi connectivity index (χ4n) is 1.72. The molecular weight excluding hydrogens is 160 g/mol. The Balaban J connectivity index is 0.000000671. The molecule has 2 atom stereocenters. The molecule has 0 aliphatic heterocycles. The van der Waals surface area contributed by atoms with Gasteiger partial charge < -0.3 is 5.32 Å². The first-order valence-corrected chi connectivity index (χ1v) is 5.43. The van der Waals surface area contributed by atoms with Gasteiger partial charge in [0.1, 0.15) is 0 Å². The summed E-state index contributed by atoms with van der Waals surface area (Å²) in [7, 11) is 0. The molecule has 1 N–H and O–H groups in total. The van der Waals surface area contributed by atoms with Gasteiger partial charge in [0.15, 0.2) is 0 Å². The Bertz CT molecular complexity index is 149. The van der Waals surface area contributed by atoms with E-state index < -0.39 is 0 Å². The second kappa shape index (κ2) is 8.07. The van der Waals surface area contributed by atoms with Crippen LogP contribution in [0.25, 0.3) is 0 Å². The van der Waals surface area contributed by atoms with Crippen LogP contribution in [0.2, 0.25) is 0 Å². The highest BCUT2D eigenvalue weighted by Gasteiger charge is 2.19. The summed E-state index contributed by atoms with van der Waals surface area (Å²) in [5.41, 5.74) is 0. The van der Waals surface area contributed by atoms with Crippen LogP contribution < -0.4 is 5.32 Å². The summed E-state index contributed by atoms with van der Waals surface area (Å²) >= 11 is 0. The molecule has 1 aliphatic rings. The van der Waals surface area contributed by atoms with Crippen molar-refractivity contribution in [2.24, 2.45) is 5.92 Å². The number of hydrogen-bond donors (Lipinski definition) is 1. The molecule has 1 fully saturated rings. The first-order valence-electron chi connectivity index (χ1n) is 5.43. The number of hydrogen-bond acceptors (Lipinski definition) is 2. The van der Waals surface area contributed by atoms with Crippen molar-refractivity contribution in [3.05, 3.63) is 0 Å². The van der Waals surface area contributed by atoms with E-state index in [-0.39, 0.29) is 0 Å². The largest absolute Gasteiger partial charge is 0.313 e. The van der Waals surface area contributed by atoms with Crippen LogP contribution in [0, 0.1) is 17.2 Å². The molecule has 76 valence electrons. The van der Waals surface area contributed by atoms with E-state index in [4.69, 9.17) is 5.26 Å². The summed E-state index contributed by atoms with van der Waals surface area (Å²) in [6.07, 6.45) is 4.59. The molecule has 0 aromatic heterocycles. The summed E-state index contributed by atoms with van der Waals surface area (Å²) in [6, 6.07) is 2.83. The van der Waals surface area contributed by atoms with Gasteiger partial charge in [0.2, 0.25) is 0 Å². The van der Waals surface area contributed by atoms with Gasteiger partial charge in [-0.05, 0) is 25.2 Å². The summed E-state index contributed by atoms with van der Waals surface area (Å²) in [6.45, 7) is 7.17. The Morgan fingerprint density at radius 2 is 2.08 bits per heavy atom. The average molecular weight is 182 g/mol. The Morgan fingerprint density at radius 1 is 1.38 bits per heavy atom. The highest BCUT2D eigenvalue weighted by atomic mass is 14.9. The molecule has 0 saturated heterocycles. The lowest BCUT2D eigenvalue weighted by molar-refractivity contribution is 0.509. The maximum Gasteiger partial charge on any atom is 0.0635 e. The van der Waals surface area contributed by atoms with Crippen molar-refractivity contribution in [2.75, 3.05) is 6.54 Å². The molecule has 2 nitrogen and oxygen atoms in total. The van der Waals surface area contributed by atoms with E-state index in [9.17, 15) is 0 Å². The van der Waals surface area contributed by atoms with Crippen molar-refractivity contribution in [3.63, 3.8) is 0 Å². The third-order valence-electron chi connectivity index (χ3n) is 2.36. The SMILES string of the molecule is CC.CC1CCC(NCCC#N)C1. The average Bonchev–Trinajstić information content (AvgIpc) is 2.56. The molecule has 0 radical (unpaired) electrons. The van der Waals surface area contributed by atoms with Gasteiger partial charge in [0.05, 0.1) is 6.07 Å². The fourth-order valence-corrected chi connectivity index (χ4v) is 1.72. The van der Waals surface area contributed by atoms with Crippen LogP contribution in [0.5, 0.6) is 0 Å². The third-order valence-corrected chi connectivity index (χ3v) is 2.36. The van der Waals surface area contributed by atoms with Gasteiger partial charge in [-0.1, -0.05) is 20.8 Å². The molecule has 0 amide bonds. The zero-order valence-corrected chi connectivity index (χ0v) is 9.14. The summed E-state index contributed by atoms with van der Waals surface area (Å²) < 4.78 is 0. The van der Waals surface area contributed by atoms with Crippen LogP contribution >= 0.6 is 0 Å². The quantitative estimate of drug-likeness (QED) is 0.681. The van der Waals surface area contributed by atoms with Gasteiger partial charge in [0, 0.05) is 19.0 Å². The molecule has 0 heterocycles. The van der Waals surface area contributed by atoms with Crippen LogP contribution in [0.1, 0.15) is 46.5 Å². The first kappa shape index (κ1) is 12.4. The Labute approximate surface area is 82.3 Å². The Hall–Kier alpha value is -0.550. The number of nitriles is 1.